The zero-order valence-corrected chi connectivity index (χ0v) is 17.4. The average molecular weight is 426 g/mol. The van der Waals surface area contributed by atoms with Gasteiger partial charge in [-0.2, -0.15) is 0 Å². The summed E-state index contributed by atoms with van der Waals surface area (Å²) < 4.78 is 18.5. The van der Waals surface area contributed by atoms with Crippen molar-refractivity contribution in [1.29, 1.82) is 0 Å². The fraction of sp³-hybridized carbons (Fsp3) is 0.250. The summed E-state index contributed by atoms with van der Waals surface area (Å²) in [7, 11) is 1.31. The van der Waals surface area contributed by atoms with Gasteiger partial charge < -0.3 is 10.1 Å². The van der Waals surface area contributed by atoms with E-state index in [0.717, 1.165) is 11.3 Å². The first-order valence-electron chi connectivity index (χ1n) is 9.72. The van der Waals surface area contributed by atoms with Gasteiger partial charge >= 0.3 is 5.97 Å². The van der Waals surface area contributed by atoms with E-state index in [1.54, 1.807) is 19.1 Å². The van der Waals surface area contributed by atoms with Crippen molar-refractivity contribution in [3.63, 3.8) is 0 Å². The van der Waals surface area contributed by atoms with Crippen LogP contribution in [0.2, 0.25) is 5.02 Å². The van der Waals surface area contributed by atoms with Gasteiger partial charge in [-0.15, -0.1) is 0 Å². The van der Waals surface area contributed by atoms with Crippen LogP contribution >= 0.6 is 11.6 Å². The first-order valence-corrected chi connectivity index (χ1v) is 10.1. The molecule has 4 nitrogen and oxygen atoms in total. The second-order valence-corrected chi connectivity index (χ2v) is 8.05. The number of benzene rings is 2. The van der Waals surface area contributed by atoms with Gasteiger partial charge in [0.15, 0.2) is 5.78 Å². The highest BCUT2D eigenvalue weighted by Crippen LogP contribution is 2.45. The van der Waals surface area contributed by atoms with Crippen molar-refractivity contribution < 1.29 is 18.7 Å². The second kappa shape index (κ2) is 8.07. The van der Waals surface area contributed by atoms with Gasteiger partial charge in [0.2, 0.25) is 0 Å². The number of rotatable bonds is 3. The van der Waals surface area contributed by atoms with Crippen LogP contribution in [0.15, 0.2) is 71.1 Å². The van der Waals surface area contributed by atoms with Gasteiger partial charge in [-0.1, -0.05) is 35.9 Å². The average Bonchev–Trinajstić information content (AvgIpc) is 2.73. The van der Waals surface area contributed by atoms with E-state index in [4.69, 9.17) is 16.3 Å². The third-order valence-electron chi connectivity index (χ3n) is 5.78. The van der Waals surface area contributed by atoms with E-state index in [0.29, 0.717) is 40.3 Å². The molecule has 0 fully saturated rings. The maximum Gasteiger partial charge on any atom is 0.336 e. The van der Waals surface area contributed by atoms with Gasteiger partial charge in [-0.3, -0.25) is 4.79 Å². The Hall–Kier alpha value is -2.92. The number of allylic oxidation sites excluding steroid dienone is 3. The highest BCUT2D eigenvalue weighted by Gasteiger charge is 2.41. The molecule has 0 saturated carbocycles. The maximum absolute atomic E-state index is 13.5. The SMILES string of the molecule is COC(=O)C1=C(C)NC2=C(C(=O)C[C@@H](c3ccc(Cl)cc3)C2)[C@@H]1c1ccc(F)cc1. The van der Waals surface area contributed by atoms with Gasteiger partial charge in [0.25, 0.3) is 0 Å². The number of ether oxygens (including phenoxy) is 1. The molecular weight excluding hydrogens is 405 g/mol. The molecule has 1 heterocycles. The minimum absolute atomic E-state index is 0.0161. The number of hydrogen-bond acceptors (Lipinski definition) is 4. The number of nitrogens with one attached hydrogen (secondary N) is 1. The zero-order valence-electron chi connectivity index (χ0n) is 16.7. The molecule has 0 spiro atoms. The molecule has 4 rings (SSSR count). The lowest BCUT2D eigenvalue weighted by atomic mass is 9.72. The highest BCUT2D eigenvalue weighted by atomic mass is 35.5. The number of ketones is 1. The Bertz CT molecular complexity index is 1070. The number of Topliss-reactive ketones (excluding diaryl/α,β-unsaturated/α-hetero) is 1. The molecule has 0 aromatic heterocycles. The van der Waals surface area contributed by atoms with Crippen molar-refractivity contribution in [2.24, 2.45) is 0 Å². The molecule has 1 N–H and O–H groups in total. The standard InChI is InChI=1S/C24H21ClFNO3/c1-13-21(24(29)30-2)22(15-5-9-18(26)10-6-15)23-19(27-13)11-16(12-20(23)28)14-3-7-17(25)8-4-14/h3-10,16,22,27H,11-12H2,1-2H3/t16-,22+/m0/s1. The lowest BCUT2D eigenvalue weighted by molar-refractivity contribution is -0.136. The third-order valence-corrected chi connectivity index (χ3v) is 6.03. The van der Waals surface area contributed by atoms with Crippen molar-refractivity contribution in [2.45, 2.75) is 31.6 Å². The molecule has 0 radical (unpaired) electrons. The molecule has 1 aliphatic carbocycles. The number of carbonyl (C=O) groups is 2. The van der Waals surface area contributed by atoms with Gasteiger partial charge in [-0.25, -0.2) is 9.18 Å². The molecule has 0 saturated heterocycles. The van der Waals surface area contributed by atoms with Crippen molar-refractivity contribution in [1.82, 2.24) is 5.32 Å². The summed E-state index contributed by atoms with van der Waals surface area (Å²) in [6, 6.07) is 13.4. The number of methoxy groups -OCH3 is 1. The predicted octanol–water partition coefficient (Wildman–Crippen LogP) is 5.01. The van der Waals surface area contributed by atoms with E-state index in [-0.39, 0.29) is 17.5 Å². The van der Waals surface area contributed by atoms with E-state index < -0.39 is 11.9 Å². The fourth-order valence-electron chi connectivity index (χ4n) is 4.38. The summed E-state index contributed by atoms with van der Waals surface area (Å²) in [6.45, 7) is 1.79. The quantitative estimate of drug-likeness (QED) is 0.702. The summed E-state index contributed by atoms with van der Waals surface area (Å²) >= 11 is 6.00. The number of esters is 1. The molecule has 2 aliphatic rings. The minimum atomic E-state index is -0.590. The van der Waals surface area contributed by atoms with Crippen molar-refractivity contribution in [3.8, 4) is 0 Å². The largest absolute Gasteiger partial charge is 0.466 e. The molecule has 0 unspecified atom stereocenters. The Morgan fingerprint density at radius 1 is 1.07 bits per heavy atom. The van der Waals surface area contributed by atoms with Crippen LogP contribution in [0.3, 0.4) is 0 Å². The lowest BCUT2D eigenvalue weighted by Crippen LogP contribution is -2.36. The number of carbonyl (C=O) groups excluding carboxylic acids is 2. The van der Waals surface area contributed by atoms with E-state index >= 15 is 0 Å². The van der Waals surface area contributed by atoms with Crippen molar-refractivity contribution in [3.05, 3.63) is 93.0 Å². The summed E-state index contributed by atoms with van der Waals surface area (Å²) in [5.74, 6) is -1.49. The van der Waals surface area contributed by atoms with Crippen molar-refractivity contribution in [2.75, 3.05) is 7.11 Å². The van der Waals surface area contributed by atoms with E-state index in [9.17, 15) is 14.0 Å². The molecule has 154 valence electrons. The summed E-state index contributed by atoms with van der Waals surface area (Å²) in [5.41, 5.74) is 4.09. The van der Waals surface area contributed by atoms with E-state index in [2.05, 4.69) is 5.32 Å². The third kappa shape index (κ3) is 3.65. The van der Waals surface area contributed by atoms with E-state index in [1.165, 1.54) is 19.2 Å². The Morgan fingerprint density at radius 2 is 1.70 bits per heavy atom. The lowest BCUT2D eigenvalue weighted by Gasteiger charge is -2.36. The van der Waals surface area contributed by atoms with Crippen LogP contribution in [0.4, 0.5) is 4.39 Å². The van der Waals surface area contributed by atoms with Crippen molar-refractivity contribution >= 4 is 23.4 Å². The van der Waals surface area contributed by atoms with Crippen LogP contribution in [-0.4, -0.2) is 18.9 Å². The molecule has 2 atom stereocenters. The van der Waals surface area contributed by atoms with Gasteiger partial charge in [-0.05, 0) is 54.7 Å². The normalized spacial score (nSPS) is 21.3. The number of halogens is 2. The number of dihydropyridines is 1. The predicted molar refractivity (Wildman–Crippen MR) is 112 cm³/mol. The maximum atomic E-state index is 13.5. The second-order valence-electron chi connectivity index (χ2n) is 7.61. The number of hydrogen-bond donors (Lipinski definition) is 1. The fourth-order valence-corrected chi connectivity index (χ4v) is 4.50. The van der Waals surface area contributed by atoms with Crippen LogP contribution in [0.1, 0.15) is 42.7 Å². The minimum Gasteiger partial charge on any atom is -0.466 e. The smallest absolute Gasteiger partial charge is 0.336 e. The Labute approximate surface area is 179 Å². The molecule has 2 aromatic rings. The van der Waals surface area contributed by atoms with Crippen LogP contribution in [0.5, 0.6) is 0 Å². The zero-order chi connectivity index (χ0) is 21.4. The molecule has 2 aromatic carbocycles. The Kier molecular flexibility index (Phi) is 5.48. The van der Waals surface area contributed by atoms with Crippen LogP contribution < -0.4 is 5.32 Å². The van der Waals surface area contributed by atoms with Gasteiger partial charge in [0.05, 0.1) is 12.7 Å². The Balaban J connectivity index is 1.79. The summed E-state index contributed by atoms with van der Waals surface area (Å²) in [4.78, 5) is 25.9. The monoisotopic (exact) mass is 425 g/mol. The van der Waals surface area contributed by atoms with Gasteiger partial charge in [0, 0.05) is 34.3 Å². The first-order chi connectivity index (χ1) is 14.4. The van der Waals surface area contributed by atoms with Crippen LogP contribution in [0.25, 0.3) is 0 Å². The molecule has 0 bridgehead atoms. The summed E-state index contributed by atoms with van der Waals surface area (Å²) in [5, 5.41) is 3.92. The topological polar surface area (TPSA) is 55.4 Å². The summed E-state index contributed by atoms with van der Waals surface area (Å²) in [6.07, 6.45) is 0.958. The van der Waals surface area contributed by atoms with Crippen LogP contribution in [0, 0.1) is 5.82 Å². The van der Waals surface area contributed by atoms with Crippen LogP contribution in [-0.2, 0) is 14.3 Å². The highest BCUT2D eigenvalue weighted by molar-refractivity contribution is 6.30. The Morgan fingerprint density at radius 3 is 2.33 bits per heavy atom. The molecule has 0 amide bonds. The molecular formula is C24H21ClFNO3. The molecule has 1 aliphatic heterocycles. The van der Waals surface area contributed by atoms with Gasteiger partial charge in [0.1, 0.15) is 5.82 Å². The molecule has 6 heteroatoms. The molecule has 30 heavy (non-hydrogen) atoms. The first kappa shape index (κ1) is 20.4. The van der Waals surface area contributed by atoms with E-state index in [1.807, 2.05) is 24.3 Å².